The normalized spacial score (nSPS) is 17.1. The minimum atomic E-state index is -2.92. The molecule has 0 unspecified atom stereocenters. The van der Waals surface area contributed by atoms with Crippen LogP contribution in [0.3, 0.4) is 0 Å². The van der Waals surface area contributed by atoms with E-state index in [4.69, 9.17) is 4.74 Å². The zero-order valence-corrected chi connectivity index (χ0v) is 19.5. The molecule has 0 spiro atoms. The lowest BCUT2D eigenvalue weighted by Crippen LogP contribution is -2.44. The molecule has 1 fully saturated rings. The van der Waals surface area contributed by atoms with Crippen molar-refractivity contribution in [3.63, 3.8) is 0 Å². The van der Waals surface area contributed by atoms with Gasteiger partial charge in [-0.15, -0.1) is 24.0 Å². The summed E-state index contributed by atoms with van der Waals surface area (Å²) in [5.41, 5.74) is -0.0967. The van der Waals surface area contributed by atoms with Crippen molar-refractivity contribution in [2.75, 3.05) is 52.4 Å². The van der Waals surface area contributed by atoms with Gasteiger partial charge in [0.2, 0.25) is 0 Å². The summed E-state index contributed by atoms with van der Waals surface area (Å²) in [6.07, 6.45) is 5.38. The average molecular weight is 489 g/mol. The SMILES string of the molecule is CN=C(NCC(C)(C)CCS(C)(=O)=O)N(C)CCC1CCOCC1.I. The first kappa shape index (κ1) is 24.9. The molecule has 0 aromatic heterocycles. The van der Waals surface area contributed by atoms with Crippen LogP contribution in [0, 0.1) is 11.3 Å². The van der Waals surface area contributed by atoms with E-state index in [1.54, 1.807) is 7.05 Å². The summed E-state index contributed by atoms with van der Waals surface area (Å²) in [6.45, 7) is 7.61. The smallest absolute Gasteiger partial charge is 0.193 e. The molecule has 0 radical (unpaired) electrons. The van der Waals surface area contributed by atoms with Gasteiger partial charge in [0.1, 0.15) is 9.84 Å². The van der Waals surface area contributed by atoms with E-state index in [-0.39, 0.29) is 35.1 Å². The first-order valence-electron chi connectivity index (χ1n) is 8.80. The predicted molar refractivity (Wildman–Crippen MR) is 116 cm³/mol. The minimum Gasteiger partial charge on any atom is -0.381 e. The number of nitrogens with zero attached hydrogens (tertiary/aromatic N) is 2. The maximum atomic E-state index is 11.4. The van der Waals surface area contributed by atoms with E-state index in [9.17, 15) is 8.42 Å². The van der Waals surface area contributed by atoms with Crippen LogP contribution < -0.4 is 5.32 Å². The molecule has 8 heteroatoms. The van der Waals surface area contributed by atoms with Gasteiger partial charge in [-0.1, -0.05) is 13.8 Å². The van der Waals surface area contributed by atoms with Crippen LogP contribution in [0.4, 0.5) is 0 Å². The van der Waals surface area contributed by atoms with Crippen LogP contribution in [0.5, 0.6) is 0 Å². The largest absolute Gasteiger partial charge is 0.381 e. The summed E-state index contributed by atoms with van der Waals surface area (Å²) < 4.78 is 28.1. The van der Waals surface area contributed by atoms with Crippen molar-refractivity contribution in [2.24, 2.45) is 16.3 Å². The summed E-state index contributed by atoms with van der Waals surface area (Å²) in [5, 5.41) is 3.39. The first-order valence-corrected chi connectivity index (χ1v) is 10.9. The van der Waals surface area contributed by atoms with Crippen LogP contribution in [0.2, 0.25) is 0 Å². The maximum absolute atomic E-state index is 11.4. The van der Waals surface area contributed by atoms with Crippen LogP contribution in [0.25, 0.3) is 0 Å². The Balaban J connectivity index is 0.00000576. The highest BCUT2D eigenvalue weighted by atomic mass is 127. The van der Waals surface area contributed by atoms with Crippen LogP contribution in [0.15, 0.2) is 4.99 Å². The summed E-state index contributed by atoms with van der Waals surface area (Å²) in [7, 11) is 0.925. The molecule has 0 aliphatic carbocycles. The Kier molecular flexibility index (Phi) is 11.5. The number of hydrogen-bond acceptors (Lipinski definition) is 4. The van der Waals surface area contributed by atoms with Gasteiger partial charge in [0.25, 0.3) is 0 Å². The second-order valence-electron chi connectivity index (χ2n) is 7.71. The fourth-order valence-corrected chi connectivity index (χ4v) is 3.69. The van der Waals surface area contributed by atoms with E-state index in [0.29, 0.717) is 13.0 Å². The molecule has 0 aromatic carbocycles. The van der Waals surface area contributed by atoms with Crippen molar-refractivity contribution in [3.05, 3.63) is 0 Å². The van der Waals surface area contributed by atoms with Crippen LogP contribution in [-0.4, -0.2) is 71.7 Å². The van der Waals surface area contributed by atoms with E-state index in [1.807, 2.05) is 0 Å². The van der Waals surface area contributed by atoms with E-state index >= 15 is 0 Å². The van der Waals surface area contributed by atoms with Gasteiger partial charge in [0.05, 0.1) is 5.75 Å². The Hall–Kier alpha value is -0.0900. The van der Waals surface area contributed by atoms with Gasteiger partial charge in [-0.05, 0) is 37.0 Å². The molecule has 1 saturated heterocycles. The Morgan fingerprint density at radius 2 is 1.92 bits per heavy atom. The lowest BCUT2D eigenvalue weighted by molar-refractivity contribution is 0.0625. The predicted octanol–water partition coefficient (Wildman–Crippen LogP) is 2.39. The summed E-state index contributed by atoms with van der Waals surface area (Å²) in [6, 6.07) is 0. The Morgan fingerprint density at radius 1 is 1.32 bits per heavy atom. The monoisotopic (exact) mass is 489 g/mol. The van der Waals surface area contributed by atoms with Crippen molar-refractivity contribution in [1.29, 1.82) is 0 Å². The van der Waals surface area contributed by atoms with Crippen LogP contribution >= 0.6 is 24.0 Å². The topological polar surface area (TPSA) is 71.0 Å². The number of guanidine groups is 1. The lowest BCUT2D eigenvalue weighted by Gasteiger charge is -2.30. The van der Waals surface area contributed by atoms with Gasteiger partial charge >= 0.3 is 0 Å². The molecule has 0 aromatic rings. The molecule has 25 heavy (non-hydrogen) atoms. The first-order chi connectivity index (χ1) is 11.1. The van der Waals surface area contributed by atoms with Crippen LogP contribution in [0.1, 0.15) is 39.5 Å². The molecule has 0 bridgehead atoms. The van der Waals surface area contributed by atoms with E-state index in [0.717, 1.165) is 50.9 Å². The molecular weight excluding hydrogens is 453 g/mol. The van der Waals surface area contributed by atoms with Crippen molar-refractivity contribution >= 4 is 39.8 Å². The molecule has 1 aliphatic rings. The molecule has 0 atom stereocenters. The van der Waals surface area contributed by atoms with Gasteiger partial charge in [0.15, 0.2) is 5.96 Å². The number of rotatable bonds is 8. The molecule has 6 nitrogen and oxygen atoms in total. The second-order valence-corrected chi connectivity index (χ2v) is 9.97. The minimum absolute atomic E-state index is 0. The Bertz CT molecular complexity index is 503. The van der Waals surface area contributed by atoms with Gasteiger partial charge in [0, 0.05) is 46.7 Å². The highest BCUT2D eigenvalue weighted by molar-refractivity contribution is 14.0. The molecule has 150 valence electrons. The van der Waals surface area contributed by atoms with Gasteiger partial charge in [-0.3, -0.25) is 4.99 Å². The summed E-state index contributed by atoms with van der Waals surface area (Å²) in [4.78, 5) is 6.51. The Labute approximate surface area is 171 Å². The average Bonchev–Trinajstić information content (AvgIpc) is 2.52. The van der Waals surface area contributed by atoms with Gasteiger partial charge < -0.3 is 15.0 Å². The van der Waals surface area contributed by atoms with Crippen molar-refractivity contribution in [2.45, 2.75) is 39.5 Å². The zero-order valence-electron chi connectivity index (χ0n) is 16.4. The van der Waals surface area contributed by atoms with E-state index in [2.05, 4.69) is 36.1 Å². The van der Waals surface area contributed by atoms with Crippen molar-refractivity contribution in [1.82, 2.24) is 10.2 Å². The molecule has 1 rings (SSSR count). The highest BCUT2D eigenvalue weighted by Crippen LogP contribution is 2.20. The molecule has 1 aliphatic heterocycles. The fraction of sp³-hybridized carbons (Fsp3) is 0.941. The maximum Gasteiger partial charge on any atom is 0.193 e. The highest BCUT2D eigenvalue weighted by Gasteiger charge is 2.21. The quantitative estimate of drug-likeness (QED) is 0.322. The van der Waals surface area contributed by atoms with Gasteiger partial charge in [-0.25, -0.2) is 8.42 Å². The van der Waals surface area contributed by atoms with Crippen molar-refractivity contribution in [3.8, 4) is 0 Å². The van der Waals surface area contributed by atoms with Crippen molar-refractivity contribution < 1.29 is 13.2 Å². The number of aliphatic imine (C=N–C) groups is 1. The number of sulfone groups is 1. The summed E-state index contributed by atoms with van der Waals surface area (Å²) in [5.74, 6) is 1.83. The fourth-order valence-electron chi connectivity index (χ4n) is 2.77. The molecular formula is C17H36IN3O3S. The van der Waals surface area contributed by atoms with Crippen LogP contribution in [-0.2, 0) is 14.6 Å². The number of hydrogen-bond donors (Lipinski definition) is 1. The van der Waals surface area contributed by atoms with E-state index in [1.165, 1.54) is 6.26 Å². The second kappa shape index (κ2) is 11.6. The third-order valence-electron chi connectivity index (χ3n) is 4.66. The molecule has 0 amide bonds. The van der Waals surface area contributed by atoms with E-state index < -0.39 is 9.84 Å². The third-order valence-corrected chi connectivity index (χ3v) is 5.61. The number of nitrogens with one attached hydrogen (secondary N) is 1. The summed E-state index contributed by atoms with van der Waals surface area (Å²) >= 11 is 0. The number of halogens is 1. The zero-order chi connectivity index (χ0) is 18.2. The third kappa shape index (κ3) is 11.3. The van der Waals surface area contributed by atoms with Gasteiger partial charge in [-0.2, -0.15) is 0 Å². The molecule has 0 saturated carbocycles. The standard InChI is InChI=1S/C17H35N3O3S.HI/c1-17(2,9-13-24(5,21)22)14-19-16(18-3)20(4)10-6-15-7-11-23-12-8-15;/h15H,6-14H2,1-5H3,(H,18,19);1H. The Morgan fingerprint density at radius 3 is 2.44 bits per heavy atom. The molecule has 1 heterocycles. The molecule has 1 N–H and O–H groups in total. The number of ether oxygens (including phenoxy) is 1. The lowest BCUT2D eigenvalue weighted by atomic mass is 9.90.